The summed E-state index contributed by atoms with van der Waals surface area (Å²) < 4.78 is 39.5. The molecule has 0 spiro atoms. The summed E-state index contributed by atoms with van der Waals surface area (Å²) in [7, 11) is 0. The van der Waals surface area contributed by atoms with Crippen molar-refractivity contribution in [2.75, 3.05) is 26.2 Å². The molecule has 0 amide bonds. The number of benzene rings is 1. The molecule has 1 aliphatic rings. The molecule has 0 radical (unpaired) electrons. The minimum atomic E-state index is -4.24. The minimum absolute atomic E-state index is 0. The van der Waals surface area contributed by atoms with E-state index in [1.165, 1.54) is 0 Å². The van der Waals surface area contributed by atoms with Gasteiger partial charge in [0.2, 0.25) is 0 Å². The molecule has 126 valence electrons. The van der Waals surface area contributed by atoms with Crippen molar-refractivity contribution < 1.29 is 18.3 Å². The lowest BCUT2D eigenvalue weighted by Crippen LogP contribution is -2.46. The molecule has 22 heavy (non-hydrogen) atoms. The number of nitrogens with zero attached hydrogens (tertiary/aromatic N) is 1. The first kappa shape index (κ1) is 20.0. The molecule has 1 aromatic rings. The van der Waals surface area contributed by atoms with E-state index in [-0.39, 0.29) is 18.2 Å². The van der Waals surface area contributed by atoms with E-state index in [0.717, 1.165) is 0 Å². The third kappa shape index (κ3) is 5.26. The van der Waals surface area contributed by atoms with Crippen molar-refractivity contribution >= 4 is 44.3 Å². The Morgan fingerprint density at radius 2 is 1.68 bits per heavy atom. The van der Waals surface area contributed by atoms with Gasteiger partial charge in [0.1, 0.15) is 5.75 Å². The van der Waals surface area contributed by atoms with Crippen LogP contribution >= 0.6 is 44.3 Å². The minimum Gasteiger partial charge on any atom is -0.506 e. The summed E-state index contributed by atoms with van der Waals surface area (Å²) in [5.74, 6) is -0.00943. The predicted octanol–water partition coefficient (Wildman–Crippen LogP) is 4.24. The van der Waals surface area contributed by atoms with Gasteiger partial charge in [-0.05, 0) is 49.6 Å². The average molecular weight is 469 g/mol. The number of phenolic OH excluding ortho intramolecular Hbond substituents is 1. The first-order chi connectivity index (χ1) is 9.78. The van der Waals surface area contributed by atoms with Crippen LogP contribution in [0.15, 0.2) is 21.1 Å². The topological polar surface area (TPSA) is 35.5 Å². The Hall–Kier alpha value is -0.0200. The second-order valence-corrected chi connectivity index (χ2v) is 6.66. The van der Waals surface area contributed by atoms with Crippen LogP contribution in [-0.4, -0.2) is 42.4 Å². The number of phenols is 1. The van der Waals surface area contributed by atoms with Crippen molar-refractivity contribution in [3.63, 3.8) is 0 Å². The maximum absolute atomic E-state index is 12.9. The van der Waals surface area contributed by atoms with Crippen LogP contribution in [0.3, 0.4) is 0 Å². The van der Waals surface area contributed by atoms with Gasteiger partial charge < -0.3 is 10.4 Å². The van der Waals surface area contributed by atoms with E-state index in [4.69, 9.17) is 0 Å². The maximum atomic E-state index is 12.9. The lowest BCUT2D eigenvalue weighted by Gasteiger charge is -2.36. The fourth-order valence-corrected chi connectivity index (χ4v) is 3.67. The molecule has 3 nitrogen and oxygen atoms in total. The first-order valence-electron chi connectivity index (χ1n) is 6.47. The maximum Gasteiger partial charge on any atom is 0.390 e. The number of alkyl halides is 3. The van der Waals surface area contributed by atoms with Crippen LogP contribution < -0.4 is 5.32 Å². The predicted molar refractivity (Wildman–Crippen MR) is 88.6 cm³/mol. The van der Waals surface area contributed by atoms with E-state index < -0.39 is 18.6 Å². The average Bonchev–Trinajstić information content (AvgIpc) is 2.41. The fraction of sp³-hybridized carbons (Fsp3) is 0.538. The summed E-state index contributed by atoms with van der Waals surface area (Å²) in [6.45, 7) is 2.48. The quantitative estimate of drug-likeness (QED) is 0.697. The van der Waals surface area contributed by atoms with Gasteiger partial charge in [-0.2, -0.15) is 13.2 Å². The molecule has 0 bridgehead atoms. The van der Waals surface area contributed by atoms with Crippen molar-refractivity contribution in [3.05, 3.63) is 26.6 Å². The molecule has 1 saturated heterocycles. The Bertz CT molecular complexity index is 488. The van der Waals surface area contributed by atoms with E-state index in [9.17, 15) is 18.3 Å². The monoisotopic (exact) mass is 466 g/mol. The van der Waals surface area contributed by atoms with Gasteiger partial charge in [-0.25, -0.2) is 0 Å². The van der Waals surface area contributed by atoms with E-state index >= 15 is 0 Å². The molecule has 1 aliphatic heterocycles. The molecular formula is C13H16Br2ClF3N2O. The summed E-state index contributed by atoms with van der Waals surface area (Å²) in [5.41, 5.74) is 0.533. The molecule has 1 aromatic carbocycles. The van der Waals surface area contributed by atoms with Crippen LogP contribution in [0.1, 0.15) is 18.0 Å². The Labute approximate surface area is 149 Å². The van der Waals surface area contributed by atoms with Gasteiger partial charge in [0.15, 0.2) is 0 Å². The highest BCUT2D eigenvalue weighted by atomic mass is 79.9. The summed E-state index contributed by atoms with van der Waals surface area (Å²) >= 11 is 6.35. The summed E-state index contributed by atoms with van der Waals surface area (Å²) in [4.78, 5) is 1.83. The molecule has 9 heteroatoms. The van der Waals surface area contributed by atoms with E-state index in [2.05, 4.69) is 37.2 Å². The molecule has 1 atom stereocenters. The normalized spacial score (nSPS) is 17.9. The summed E-state index contributed by atoms with van der Waals surface area (Å²) in [5, 5.41) is 12.9. The van der Waals surface area contributed by atoms with Crippen molar-refractivity contribution in [2.45, 2.75) is 18.6 Å². The zero-order valence-corrected chi connectivity index (χ0v) is 15.4. The number of hydrogen-bond donors (Lipinski definition) is 2. The Morgan fingerprint density at radius 3 is 2.14 bits per heavy atom. The van der Waals surface area contributed by atoms with Gasteiger partial charge in [-0.1, -0.05) is 0 Å². The van der Waals surface area contributed by atoms with E-state index in [1.807, 2.05) is 4.90 Å². The lowest BCUT2D eigenvalue weighted by atomic mass is 10.0. The number of nitrogens with one attached hydrogen (secondary N) is 1. The highest BCUT2D eigenvalue weighted by molar-refractivity contribution is 9.11. The molecule has 0 aromatic heterocycles. The van der Waals surface area contributed by atoms with Gasteiger partial charge in [0.05, 0.1) is 15.4 Å². The third-order valence-corrected chi connectivity index (χ3v) is 4.65. The van der Waals surface area contributed by atoms with Crippen LogP contribution in [0.4, 0.5) is 13.2 Å². The number of rotatable bonds is 3. The molecule has 0 aliphatic carbocycles. The Kier molecular flexibility index (Phi) is 7.45. The largest absolute Gasteiger partial charge is 0.506 e. The SMILES string of the molecule is Cl.Oc1c(Br)cc([C@@H](CC(F)(F)F)N2CCNCC2)cc1Br. The second-order valence-electron chi connectivity index (χ2n) is 4.95. The van der Waals surface area contributed by atoms with Gasteiger partial charge >= 0.3 is 6.18 Å². The van der Waals surface area contributed by atoms with Gasteiger partial charge in [0, 0.05) is 32.2 Å². The summed E-state index contributed by atoms with van der Waals surface area (Å²) in [6, 6.07) is 2.36. The molecule has 2 rings (SSSR count). The van der Waals surface area contributed by atoms with Crippen molar-refractivity contribution in [1.29, 1.82) is 0 Å². The zero-order valence-electron chi connectivity index (χ0n) is 11.5. The third-order valence-electron chi connectivity index (χ3n) is 3.44. The van der Waals surface area contributed by atoms with Gasteiger partial charge in [-0.3, -0.25) is 4.90 Å². The van der Waals surface area contributed by atoms with Crippen LogP contribution in [-0.2, 0) is 0 Å². The van der Waals surface area contributed by atoms with E-state index in [0.29, 0.717) is 40.7 Å². The standard InChI is InChI=1S/C13H15Br2F3N2O.ClH/c14-9-5-8(6-10(15)12(9)21)11(7-13(16,17)18)20-3-1-19-2-4-20;/h5-6,11,19,21H,1-4,7H2;1H/t11-;/m1./s1. The Balaban J connectivity index is 0.00000242. The fourth-order valence-electron chi connectivity index (χ4n) is 2.45. The number of aromatic hydroxyl groups is 1. The van der Waals surface area contributed by atoms with Crippen molar-refractivity contribution in [1.82, 2.24) is 10.2 Å². The van der Waals surface area contributed by atoms with Crippen molar-refractivity contribution in [2.24, 2.45) is 0 Å². The van der Waals surface area contributed by atoms with Crippen LogP contribution in [0.2, 0.25) is 0 Å². The molecule has 2 N–H and O–H groups in total. The Morgan fingerprint density at radius 1 is 1.18 bits per heavy atom. The van der Waals surface area contributed by atoms with Crippen LogP contribution in [0.5, 0.6) is 5.75 Å². The lowest BCUT2D eigenvalue weighted by molar-refractivity contribution is -0.148. The number of hydrogen-bond acceptors (Lipinski definition) is 3. The molecule has 0 unspecified atom stereocenters. The van der Waals surface area contributed by atoms with Crippen LogP contribution in [0, 0.1) is 0 Å². The van der Waals surface area contributed by atoms with Gasteiger partial charge in [-0.15, -0.1) is 12.4 Å². The van der Waals surface area contributed by atoms with E-state index in [1.54, 1.807) is 12.1 Å². The first-order valence-corrected chi connectivity index (χ1v) is 8.06. The molecule has 1 fully saturated rings. The van der Waals surface area contributed by atoms with Crippen molar-refractivity contribution in [3.8, 4) is 5.75 Å². The summed E-state index contributed by atoms with van der Waals surface area (Å²) in [6.07, 6.45) is -5.15. The molecule has 1 heterocycles. The molecular weight excluding hydrogens is 452 g/mol. The smallest absolute Gasteiger partial charge is 0.390 e. The molecule has 0 saturated carbocycles. The second kappa shape index (κ2) is 8.19. The van der Waals surface area contributed by atoms with Crippen LogP contribution in [0.25, 0.3) is 0 Å². The number of halogens is 6. The zero-order chi connectivity index (χ0) is 15.6. The highest BCUT2D eigenvalue weighted by Gasteiger charge is 2.36. The van der Waals surface area contributed by atoms with Gasteiger partial charge in [0.25, 0.3) is 0 Å². The number of piperazine rings is 1. The highest BCUT2D eigenvalue weighted by Crippen LogP contribution is 2.40.